The summed E-state index contributed by atoms with van der Waals surface area (Å²) in [6.07, 6.45) is 3.81. The number of benzene rings is 1. The number of phenols is 1. The van der Waals surface area contributed by atoms with Gasteiger partial charge in [-0.2, -0.15) is 0 Å². The molecule has 1 aromatic rings. The number of methoxy groups -OCH3 is 1. The fraction of sp³-hybridized carbons (Fsp3) is 0.526. The van der Waals surface area contributed by atoms with Crippen LogP contribution in [0.25, 0.3) is 0 Å². The molecule has 24 heavy (non-hydrogen) atoms. The average molecular weight is 334 g/mol. The van der Waals surface area contributed by atoms with Gasteiger partial charge in [0.2, 0.25) is 0 Å². The molecule has 4 atom stereocenters. The molecular formula is C19H26O5. The van der Waals surface area contributed by atoms with Crippen molar-refractivity contribution in [1.29, 1.82) is 0 Å². The Labute approximate surface area is 142 Å². The Hall–Kier alpha value is -1.85. The van der Waals surface area contributed by atoms with E-state index in [0.29, 0.717) is 30.9 Å². The van der Waals surface area contributed by atoms with Gasteiger partial charge in [0, 0.05) is 18.8 Å². The number of aromatic hydroxyl groups is 1. The van der Waals surface area contributed by atoms with Crippen LogP contribution in [0.15, 0.2) is 30.4 Å². The first kappa shape index (κ1) is 18.5. The van der Waals surface area contributed by atoms with Crippen molar-refractivity contribution in [2.45, 2.75) is 44.8 Å². The number of hydrogen-bond acceptors (Lipinski definition) is 5. The number of aryl methyl sites for hydroxylation is 1. The highest BCUT2D eigenvalue weighted by Gasteiger charge is 2.29. The highest BCUT2D eigenvalue weighted by atomic mass is 16.5. The van der Waals surface area contributed by atoms with Crippen LogP contribution < -0.4 is 4.74 Å². The molecule has 0 aromatic heterocycles. The fourth-order valence-corrected chi connectivity index (χ4v) is 3.08. The van der Waals surface area contributed by atoms with Gasteiger partial charge in [0.25, 0.3) is 0 Å². The number of aliphatic hydroxyl groups excluding tert-OH is 2. The summed E-state index contributed by atoms with van der Waals surface area (Å²) in [6.45, 7) is 2.01. The first-order valence-electron chi connectivity index (χ1n) is 8.32. The Balaban J connectivity index is 1.86. The quantitative estimate of drug-likeness (QED) is 0.666. The van der Waals surface area contributed by atoms with Crippen molar-refractivity contribution in [1.82, 2.24) is 0 Å². The van der Waals surface area contributed by atoms with Crippen LogP contribution in [-0.2, 0) is 11.2 Å². The third-order valence-corrected chi connectivity index (χ3v) is 4.54. The van der Waals surface area contributed by atoms with Crippen molar-refractivity contribution in [3.63, 3.8) is 0 Å². The number of rotatable bonds is 7. The SMILES string of the molecule is COc1cc(CCC(=O)CC(O)C2C=CC(C)CC2O)ccc1O. The number of ketones is 1. The Morgan fingerprint density at radius 3 is 2.79 bits per heavy atom. The van der Waals surface area contributed by atoms with Crippen molar-refractivity contribution >= 4 is 5.78 Å². The molecule has 0 saturated heterocycles. The molecule has 5 nitrogen and oxygen atoms in total. The minimum atomic E-state index is -0.856. The molecule has 1 aromatic carbocycles. The van der Waals surface area contributed by atoms with Crippen LogP contribution in [-0.4, -0.2) is 40.4 Å². The zero-order chi connectivity index (χ0) is 17.7. The lowest BCUT2D eigenvalue weighted by molar-refractivity contribution is -0.122. The number of carbonyl (C=O) groups is 1. The second kappa shape index (κ2) is 8.31. The molecular weight excluding hydrogens is 308 g/mol. The topological polar surface area (TPSA) is 87.0 Å². The Bertz CT molecular complexity index is 595. The minimum absolute atomic E-state index is 0.0374. The highest BCUT2D eigenvalue weighted by molar-refractivity contribution is 5.79. The summed E-state index contributed by atoms with van der Waals surface area (Å²) in [4.78, 5) is 12.1. The first-order chi connectivity index (χ1) is 11.4. The predicted molar refractivity (Wildman–Crippen MR) is 91.0 cm³/mol. The van der Waals surface area contributed by atoms with Gasteiger partial charge in [-0.05, 0) is 36.5 Å². The van der Waals surface area contributed by atoms with Crippen LogP contribution in [0.2, 0.25) is 0 Å². The highest BCUT2D eigenvalue weighted by Crippen LogP contribution is 2.28. The fourth-order valence-electron chi connectivity index (χ4n) is 3.08. The van der Waals surface area contributed by atoms with Gasteiger partial charge in [-0.15, -0.1) is 0 Å². The molecule has 3 N–H and O–H groups in total. The molecule has 0 radical (unpaired) electrons. The summed E-state index contributed by atoms with van der Waals surface area (Å²) in [5.74, 6) is 0.316. The third-order valence-electron chi connectivity index (χ3n) is 4.54. The van der Waals surface area contributed by atoms with Crippen molar-refractivity contribution in [3.8, 4) is 11.5 Å². The maximum Gasteiger partial charge on any atom is 0.160 e. The molecule has 0 aliphatic heterocycles. The Morgan fingerprint density at radius 1 is 1.38 bits per heavy atom. The van der Waals surface area contributed by atoms with Crippen LogP contribution in [0.3, 0.4) is 0 Å². The first-order valence-corrected chi connectivity index (χ1v) is 8.32. The molecule has 0 fully saturated rings. The standard InChI is InChI=1S/C19H26O5/c1-12-3-7-15(17(22)9-12)18(23)11-14(20)6-4-13-5-8-16(21)19(10-13)24-2/h3,5,7-8,10,12,15,17-18,21-23H,4,6,9,11H2,1-2H3. The normalized spacial score (nSPS) is 24.6. The number of ether oxygens (including phenoxy) is 1. The van der Waals surface area contributed by atoms with Gasteiger partial charge in [-0.3, -0.25) is 4.79 Å². The predicted octanol–water partition coefficient (Wildman–Crippen LogP) is 2.23. The van der Waals surface area contributed by atoms with Crippen LogP contribution >= 0.6 is 0 Å². The summed E-state index contributed by atoms with van der Waals surface area (Å²) in [5, 5.41) is 29.8. The number of aliphatic hydroxyl groups is 2. The summed E-state index contributed by atoms with van der Waals surface area (Å²) in [5.41, 5.74) is 0.888. The number of phenolic OH excluding ortho intramolecular Hbond substituents is 1. The molecule has 132 valence electrons. The molecule has 1 aliphatic rings. The van der Waals surface area contributed by atoms with E-state index in [2.05, 4.69) is 0 Å². The van der Waals surface area contributed by atoms with Gasteiger partial charge in [0.15, 0.2) is 11.5 Å². The minimum Gasteiger partial charge on any atom is -0.504 e. The lowest BCUT2D eigenvalue weighted by Crippen LogP contribution is -2.35. The molecule has 0 amide bonds. The van der Waals surface area contributed by atoms with E-state index in [1.165, 1.54) is 13.2 Å². The molecule has 1 aliphatic carbocycles. The molecule has 4 unspecified atom stereocenters. The maximum absolute atomic E-state index is 12.1. The van der Waals surface area contributed by atoms with Gasteiger partial charge in [-0.25, -0.2) is 0 Å². The summed E-state index contributed by atoms with van der Waals surface area (Å²) >= 11 is 0. The van der Waals surface area contributed by atoms with Gasteiger partial charge < -0.3 is 20.1 Å². The van der Waals surface area contributed by atoms with Gasteiger partial charge in [0.05, 0.1) is 19.3 Å². The number of carbonyl (C=O) groups excluding carboxylic acids is 1. The molecule has 2 rings (SSSR count). The monoisotopic (exact) mass is 334 g/mol. The zero-order valence-corrected chi connectivity index (χ0v) is 14.2. The lowest BCUT2D eigenvalue weighted by atomic mass is 9.82. The van der Waals surface area contributed by atoms with E-state index >= 15 is 0 Å². The third kappa shape index (κ3) is 4.82. The van der Waals surface area contributed by atoms with E-state index < -0.39 is 12.2 Å². The summed E-state index contributed by atoms with van der Waals surface area (Å²) < 4.78 is 5.05. The average Bonchev–Trinajstić information content (AvgIpc) is 2.53. The largest absolute Gasteiger partial charge is 0.504 e. The van der Waals surface area contributed by atoms with Crippen molar-refractivity contribution in [2.75, 3.05) is 7.11 Å². The Morgan fingerprint density at radius 2 is 2.12 bits per heavy atom. The van der Waals surface area contributed by atoms with E-state index in [9.17, 15) is 20.1 Å². The van der Waals surface area contributed by atoms with Crippen molar-refractivity contribution < 1.29 is 24.9 Å². The van der Waals surface area contributed by atoms with Crippen molar-refractivity contribution in [3.05, 3.63) is 35.9 Å². The van der Waals surface area contributed by atoms with E-state index in [0.717, 1.165) is 5.56 Å². The zero-order valence-electron chi connectivity index (χ0n) is 14.2. The van der Waals surface area contributed by atoms with Crippen molar-refractivity contribution in [2.24, 2.45) is 11.8 Å². The molecule has 0 spiro atoms. The lowest BCUT2D eigenvalue weighted by Gasteiger charge is -2.29. The summed E-state index contributed by atoms with van der Waals surface area (Å²) in [6, 6.07) is 4.99. The maximum atomic E-state index is 12.1. The molecule has 0 saturated carbocycles. The van der Waals surface area contributed by atoms with Gasteiger partial charge in [-0.1, -0.05) is 25.1 Å². The van der Waals surface area contributed by atoms with E-state index in [-0.39, 0.29) is 23.9 Å². The van der Waals surface area contributed by atoms with E-state index in [1.54, 1.807) is 12.1 Å². The molecule has 0 bridgehead atoms. The molecule has 5 heteroatoms. The van der Waals surface area contributed by atoms with Crippen LogP contribution in [0.1, 0.15) is 31.7 Å². The smallest absolute Gasteiger partial charge is 0.160 e. The second-order valence-corrected chi connectivity index (χ2v) is 6.56. The number of hydrogen-bond donors (Lipinski definition) is 3. The van der Waals surface area contributed by atoms with E-state index in [1.807, 2.05) is 19.1 Å². The van der Waals surface area contributed by atoms with Crippen LogP contribution in [0, 0.1) is 11.8 Å². The summed E-state index contributed by atoms with van der Waals surface area (Å²) in [7, 11) is 1.48. The van der Waals surface area contributed by atoms with Gasteiger partial charge in [0.1, 0.15) is 5.78 Å². The number of Topliss-reactive ketones (excluding diaryl/α,β-unsaturated/α-hetero) is 1. The number of allylic oxidation sites excluding steroid dienone is 1. The molecule has 0 heterocycles. The second-order valence-electron chi connectivity index (χ2n) is 6.56. The van der Waals surface area contributed by atoms with Gasteiger partial charge >= 0.3 is 0 Å². The van der Waals surface area contributed by atoms with E-state index in [4.69, 9.17) is 4.74 Å². The Kier molecular flexibility index (Phi) is 6.40. The van der Waals surface area contributed by atoms with Crippen LogP contribution in [0.5, 0.6) is 11.5 Å². The van der Waals surface area contributed by atoms with Crippen LogP contribution in [0.4, 0.5) is 0 Å².